The molecule has 0 bridgehead atoms. The normalized spacial score (nSPS) is 10.0. The lowest BCUT2D eigenvalue weighted by Crippen LogP contribution is -1.86. The number of rotatable bonds is 3. The molecular weight excluding hydrogens is 294 g/mol. The lowest BCUT2D eigenvalue weighted by atomic mass is 10.1. The van der Waals surface area contributed by atoms with Crippen LogP contribution in [-0.4, -0.2) is 0 Å². The van der Waals surface area contributed by atoms with Crippen LogP contribution in [0.4, 0.5) is 0 Å². The van der Waals surface area contributed by atoms with E-state index in [4.69, 9.17) is 21.6 Å². The molecule has 0 heterocycles. The number of benzene rings is 3. The third-order valence-electron chi connectivity index (χ3n) is 3.25. The predicted molar refractivity (Wildman–Crippen MR) is 88.1 cm³/mol. The van der Waals surface area contributed by atoms with E-state index in [1.807, 2.05) is 48.5 Å². The molecule has 0 aliphatic rings. The molecular formula is C19H12ClNO. The third-order valence-corrected chi connectivity index (χ3v) is 3.55. The van der Waals surface area contributed by atoms with Gasteiger partial charge in [0.25, 0.3) is 0 Å². The maximum Gasteiger partial charge on any atom is 0.146 e. The molecule has 106 valence electrons. The first-order valence-corrected chi connectivity index (χ1v) is 7.17. The Labute approximate surface area is 134 Å². The molecule has 0 aliphatic carbocycles. The fourth-order valence-corrected chi connectivity index (χ4v) is 2.34. The zero-order valence-electron chi connectivity index (χ0n) is 11.7. The monoisotopic (exact) mass is 305 g/mol. The number of halogens is 1. The summed E-state index contributed by atoms with van der Waals surface area (Å²) >= 11 is 6.31. The Hall–Kier alpha value is -2.76. The molecule has 0 saturated heterocycles. The molecule has 3 aromatic rings. The lowest BCUT2D eigenvalue weighted by molar-refractivity contribution is 0.483. The molecule has 0 aliphatic heterocycles. The summed E-state index contributed by atoms with van der Waals surface area (Å²) in [7, 11) is 0. The summed E-state index contributed by atoms with van der Waals surface area (Å²) in [6.07, 6.45) is 0. The Bertz CT molecular complexity index is 820. The average molecular weight is 306 g/mol. The lowest BCUT2D eigenvalue weighted by Gasteiger charge is -2.09. The van der Waals surface area contributed by atoms with E-state index in [0.717, 1.165) is 11.1 Å². The molecule has 22 heavy (non-hydrogen) atoms. The molecule has 3 aromatic carbocycles. The molecule has 0 atom stereocenters. The Morgan fingerprint density at radius 1 is 0.818 bits per heavy atom. The zero-order valence-corrected chi connectivity index (χ0v) is 12.4. The predicted octanol–water partition coefficient (Wildman–Crippen LogP) is 5.67. The fraction of sp³-hybridized carbons (Fsp3) is 0. The van der Waals surface area contributed by atoms with Crippen LogP contribution in [0.1, 0.15) is 5.56 Å². The number of nitrogens with zero attached hydrogens (tertiary/aromatic N) is 1. The first-order valence-electron chi connectivity index (χ1n) is 6.79. The van der Waals surface area contributed by atoms with E-state index in [-0.39, 0.29) is 0 Å². The number of nitriles is 1. The number of hydrogen-bond donors (Lipinski definition) is 0. The molecule has 0 fully saturated rings. The van der Waals surface area contributed by atoms with E-state index in [1.54, 1.807) is 24.3 Å². The highest BCUT2D eigenvalue weighted by Gasteiger charge is 2.06. The van der Waals surface area contributed by atoms with Gasteiger partial charge < -0.3 is 4.74 Å². The SMILES string of the molecule is N#Cc1ccc(Oc2ccc(-c3ccccc3)cc2Cl)cc1. The zero-order chi connectivity index (χ0) is 15.4. The fourth-order valence-electron chi connectivity index (χ4n) is 2.12. The van der Waals surface area contributed by atoms with Gasteiger partial charge in [-0.15, -0.1) is 0 Å². The van der Waals surface area contributed by atoms with Crippen molar-refractivity contribution in [2.75, 3.05) is 0 Å². The van der Waals surface area contributed by atoms with Crippen molar-refractivity contribution in [1.82, 2.24) is 0 Å². The Morgan fingerprint density at radius 3 is 2.18 bits per heavy atom. The summed E-state index contributed by atoms with van der Waals surface area (Å²) in [6.45, 7) is 0. The van der Waals surface area contributed by atoms with Crippen molar-refractivity contribution < 1.29 is 4.74 Å². The summed E-state index contributed by atoms with van der Waals surface area (Å²) in [5.74, 6) is 1.24. The second-order valence-electron chi connectivity index (χ2n) is 4.75. The maximum atomic E-state index is 8.79. The molecule has 0 aromatic heterocycles. The van der Waals surface area contributed by atoms with Crippen molar-refractivity contribution in [1.29, 1.82) is 5.26 Å². The molecule has 0 saturated carbocycles. The first kappa shape index (κ1) is 14.2. The van der Waals surface area contributed by atoms with E-state index in [1.165, 1.54) is 0 Å². The Balaban J connectivity index is 1.85. The second-order valence-corrected chi connectivity index (χ2v) is 5.16. The largest absolute Gasteiger partial charge is 0.456 e. The number of hydrogen-bond acceptors (Lipinski definition) is 2. The van der Waals surface area contributed by atoms with Gasteiger partial charge in [-0.3, -0.25) is 0 Å². The van der Waals surface area contributed by atoms with Gasteiger partial charge in [-0.1, -0.05) is 48.0 Å². The van der Waals surface area contributed by atoms with Crippen molar-refractivity contribution >= 4 is 11.6 Å². The van der Waals surface area contributed by atoms with Crippen molar-refractivity contribution in [2.24, 2.45) is 0 Å². The van der Waals surface area contributed by atoms with Gasteiger partial charge in [-0.05, 0) is 47.5 Å². The smallest absolute Gasteiger partial charge is 0.146 e. The molecule has 2 nitrogen and oxygen atoms in total. The minimum absolute atomic E-state index is 0.547. The highest BCUT2D eigenvalue weighted by Crippen LogP contribution is 2.33. The first-order chi connectivity index (χ1) is 10.8. The van der Waals surface area contributed by atoms with Gasteiger partial charge in [-0.2, -0.15) is 5.26 Å². The number of ether oxygens (including phenoxy) is 1. The van der Waals surface area contributed by atoms with Crippen molar-refractivity contribution in [3.63, 3.8) is 0 Å². The summed E-state index contributed by atoms with van der Waals surface area (Å²) in [5, 5.41) is 9.34. The van der Waals surface area contributed by atoms with Gasteiger partial charge in [0, 0.05) is 0 Å². The van der Waals surface area contributed by atoms with Gasteiger partial charge in [-0.25, -0.2) is 0 Å². The molecule has 0 spiro atoms. The van der Waals surface area contributed by atoms with E-state index in [9.17, 15) is 0 Å². The molecule has 0 amide bonds. The van der Waals surface area contributed by atoms with Gasteiger partial charge in [0.1, 0.15) is 11.5 Å². The molecule has 3 heteroatoms. The van der Waals surface area contributed by atoms with E-state index >= 15 is 0 Å². The van der Waals surface area contributed by atoms with Crippen LogP contribution in [0.3, 0.4) is 0 Å². The van der Waals surface area contributed by atoms with Crippen LogP contribution in [0.15, 0.2) is 72.8 Å². The van der Waals surface area contributed by atoms with Crippen LogP contribution < -0.4 is 4.74 Å². The van der Waals surface area contributed by atoms with Crippen LogP contribution in [-0.2, 0) is 0 Å². The van der Waals surface area contributed by atoms with Crippen LogP contribution >= 0.6 is 11.6 Å². The molecule has 0 unspecified atom stereocenters. The van der Waals surface area contributed by atoms with E-state index < -0.39 is 0 Å². The van der Waals surface area contributed by atoms with Gasteiger partial charge in [0.05, 0.1) is 16.7 Å². The summed E-state index contributed by atoms with van der Waals surface area (Å²) in [4.78, 5) is 0. The minimum atomic E-state index is 0.547. The van der Waals surface area contributed by atoms with Crippen LogP contribution in [0.5, 0.6) is 11.5 Å². The topological polar surface area (TPSA) is 33.0 Å². The Morgan fingerprint density at radius 2 is 1.55 bits per heavy atom. The van der Waals surface area contributed by atoms with Crippen molar-refractivity contribution in [3.05, 3.63) is 83.4 Å². The van der Waals surface area contributed by atoms with Crippen LogP contribution in [0.25, 0.3) is 11.1 Å². The van der Waals surface area contributed by atoms with Crippen LogP contribution in [0.2, 0.25) is 5.02 Å². The average Bonchev–Trinajstić information content (AvgIpc) is 2.58. The third kappa shape index (κ3) is 3.11. The standard InChI is InChI=1S/C19H12ClNO/c20-18-12-16(15-4-2-1-3-5-15)8-11-19(18)22-17-9-6-14(13-21)7-10-17/h1-12H. The summed E-state index contributed by atoms with van der Waals surface area (Å²) < 4.78 is 5.76. The van der Waals surface area contributed by atoms with Gasteiger partial charge in [0.15, 0.2) is 0 Å². The molecule has 0 N–H and O–H groups in total. The maximum absolute atomic E-state index is 8.79. The quantitative estimate of drug-likeness (QED) is 0.624. The van der Waals surface area contributed by atoms with Gasteiger partial charge >= 0.3 is 0 Å². The second kappa shape index (κ2) is 6.34. The van der Waals surface area contributed by atoms with Crippen molar-refractivity contribution in [3.8, 4) is 28.7 Å². The van der Waals surface area contributed by atoms with Crippen LogP contribution in [0, 0.1) is 11.3 Å². The minimum Gasteiger partial charge on any atom is -0.456 e. The highest BCUT2D eigenvalue weighted by molar-refractivity contribution is 6.32. The molecule has 0 radical (unpaired) electrons. The summed E-state index contributed by atoms with van der Waals surface area (Å²) in [6, 6.07) is 24.7. The molecule has 3 rings (SSSR count). The van der Waals surface area contributed by atoms with E-state index in [0.29, 0.717) is 22.1 Å². The van der Waals surface area contributed by atoms with Crippen molar-refractivity contribution in [2.45, 2.75) is 0 Å². The Kier molecular flexibility index (Phi) is 4.09. The van der Waals surface area contributed by atoms with E-state index in [2.05, 4.69) is 6.07 Å². The summed E-state index contributed by atoms with van der Waals surface area (Å²) in [5.41, 5.74) is 2.74. The highest BCUT2D eigenvalue weighted by atomic mass is 35.5. The van der Waals surface area contributed by atoms with Gasteiger partial charge in [0.2, 0.25) is 0 Å².